The largest absolute Gasteiger partial charge is 0.381 e. The highest BCUT2D eigenvalue weighted by molar-refractivity contribution is 6.35. The summed E-state index contributed by atoms with van der Waals surface area (Å²) in [5, 5.41) is 9.10. The average molecular weight is 341 g/mol. The van der Waals surface area contributed by atoms with Gasteiger partial charge in [0.1, 0.15) is 0 Å². The van der Waals surface area contributed by atoms with Crippen LogP contribution < -0.4 is 16.0 Å². The second-order valence-corrected chi connectivity index (χ2v) is 8.05. The number of hydrogen-bond acceptors (Lipinski definition) is 4. The highest BCUT2D eigenvalue weighted by Gasteiger charge is 2.38. The highest BCUT2D eigenvalue weighted by Crippen LogP contribution is 2.28. The standard InChI is InChI=1S/C18H35N3O3/c1-6-7-10-24-11-8-9-19-15(22)16(23)20-14-12-17(2,3)21-18(4,5)13-14/h14,21H,6-13H2,1-5H3,(H,19,22)(H,20,23). The van der Waals surface area contributed by atoms with Crippen molar-refractivity contribution in [1.82, 2.24) is 16.0 Å². The fourth-order valence-electron chi connectivity index (χ4n) is 3.48. The first kappa shape index (κ1) is 20.9. The van der Waals surface area contributed by atoms with Crippen LogP contribution in [0.4, 0.5) is 0 Å². The van der Waals surface area contributed by atoms with Gasteiger partial charge in [-0.25, -0.2) is 0 Å². The summed E-state index contributed by atoms with van der Waals surface area (Å²) in [6.07, 6.45) is 4.50. The van der Waals surface area contributed by atoms with Crippen molar-refractivity contribution < 1.29 is 14.3 Å². The molecule has 0 radical (unpaired) electrons. The molecule has 6 nitrogen and oxygen atoms in total. The number of piperidine rings is 1. The zero-order chi connectivity index (χ0) is 18.2. The van der Waals surface area contributed by atoms with Crippen molar-refractivity contribution in [3.63, 3.8) is 0 Å². The zero-order valence-corrected chi connectivity index (χ0v) is 16.0. The number of nitrogens with one attached hydrogen (secondary N) is 3. The molecule has 3 N–H and O–H groups in total. The Kier molecular flexibility index (Phi) is 8.16. The molecule has 1 saturated heterocycles. The Labute approximate surface area is 146 Å². The number of ether oxygens (including phenoxy) is 1. The number of amides is 2. The third kappa shape index (κ3) is 8.11. The molecule has 24 heavy (non-hydrogen) atoms. The maximum Gasteiger partial charge on any atom is 0.309 e. The molecule has 6 heteroatoms. The minimum atomic E-state index is -0.558. The molecule has 2 amide bonds. The summed E-state index contributed by atoms with van der Waals surface area (Å²) in [7, 11) is 0. The van der Waals surface area contributed by atoms with Gasteiger partial charge in [0.25, 0.3) is 0 Å². The van der Waals surface area contributed by atoms with E-state index < -0.39 is 11.8 Å². The SMILES string of the molecule is CCCCOCCCNC(=O)C(=O)NC1CC(C)(C)NC(C)(C)C1. The number of rotatable bonds is 8. The molecule has 1 rings (SSSR count). The van der Waals surface area contributed by atoms with E-state index in [1.165, 1.54) is 0 Å². The Balaban J connectivity index is 2.27. The minimum Gasteiger partial charge on any atom is -0.381 e. The minimum absolute atomic E-state index is 0.00637. The van der Waals surface area contributed by atoms with Crippen LogP contribution in [0.25, 0.3) is 0 Å². The monoisotopic (exact) mass is 341 g/mol. The van der Waals surface area contributed by atoms with Gasteiger partial charge in [0.05, 0.1) is 0 Å². The van der Waals surface area contributed by atoms with E-state index in [1.54, 1.807) is 0 Å². The van der Waals surface area contributed by atoms with Gasteiger partial charge in [-0.2, -0.15) is 0 Å². The summed E-state index contributed by atoms with van der Waals surface area (Å²) in [5.74, 6) is -1.10. The summed E-state index contributed by atoms with van der Waals surface area (Å²) >= 11 is 0. The summed E-state index contributed by atoms with van der Waals surface area (Å²) in [4.78, 5) is 24.0. The quantitative estimate of drug-likeness (QED) is 0.464. The molecule has 0 unspecified atom stereocenters. The van der Waals surface area contributed by atoms with Crippen molar-refractivity contribution in [1.29, 1.82) is 0 Å². The Bertz CT molecular complexity index is 406. The Morgan fingerprint density at radius 3 is 2.21 bits per heavy atom. The second-order valence-electron chi connectivity index (χ2n) is 8.05. The maximum atomic E-state index is 12.1. The molecule has 0 spiro atoms. The van der Waals surface area contributed by atoms with Crippen LogP contribution in [0.15, 0.2) is 0 Å². The van der Waals surface area contributed by atoms with Crippen LogP contribution in [-0.4, -0.2) is 48.7 Å². The predicted octanol–water partition coefficient (Wildman–Crippen LogP) is 1.73. The molecule has 1 heterocycles. The van der Waals surface area contributed by atoms with Gasteiger partial charge in [0.2, 0.25) is 0 Å². The van der Waals surface area contributed by atoms with Crippen LogP contribution in [0, 0.1) is 0 Å². The molecular weight excluding hydrogens is 306 g/mol. The van der Waals surface area contributed by atoms with E-state index >= 15 is 0 Å². The number of carbonyl (C=O) groups is 2. The van der Waals surface area contributed by atoms with Crippen molar-refractivity contribution in [3.8, 4) is 0 Å². The smallest absolute Gasteiger partial charge is 0.309 e. The molecule has 0 saturated carbocycles. The van der Waals surface area contributed by atoms with E-state index in [1.807, 2.05) is 0 Å². The number of carbonyl (C=O) groups excluding carboxylic acids is 2. The van der Waals surface area contributed by atoms with E-state index in [2.05, 4.69) is 50.6 Å². The molecule has 0 aromatic heterocycles. The number of unbranched alkanes of at least 4 members (excludes halogenated alkanes) is 1. The fraction of sp³-hybridized carbons (Fsp3) is 0.889. The van der Waals surface area contributed by atoms with Crippen LogP contribution in [0.1, 0.15) is 66.7 Å². The van der Waals surface area contributed by atoms with Crippen molar-refractivity contribution in [2.24, 2.45) is 0 Å². The first-order valence-corrected chi connectivity index (χ1v) is 9.11. The Hall–Kier alpha value is -1.14. The maximum absolute atomic E-state index is 12.1. The molecule has 140 valence electrons. The van der Waals surface area contributed by atoms with E-state index in [0.29, 0.717) is 13.2 Å². The first-order chi connectivity index (χ1) is 11.2. The second kappa shape index (κ2) is 9.37. The molecule has 0 bridgehead atoms. The summed E-state index contributed by atoms with van der Waals surface area (Å²) < 4.78 is 5.42. The van der Waals surface area contributed by atoms with Crippen molar-refractivity contribution in [2.75, 3.05) is 19.8 Å². The molecule has 1 aliphatic rings. The van der Waals surface area contributed by atoms with Gasteiger partial charge in [-0.1, -0.05) is 13.3 Å². The van der Waals surface area contributed by atoms with Crippen LogP contribution in [0.2, 0.25) is 0 Å². The molecule has 0 aromatic rings. The van der Waals surface area contributed by atoms with Gasteiger partial charge in [-0.05, 0) is 53.4 Å². The Morgan fingerprint density at radius 2 is 1.62 bits per heavy atom. The van der Waals surface area contributed by atoms with Crippen LogP contribution >= 0.6 is 0 Å². The molecule has 0 atom stereocenters. The molecule has 1 fully saturated rings. The normalized spacial score (nSPS) is 19.7. The van der Waals surface area contributed by atoms with Gasteiger partial charge in [0, 0.05) is 36.9 Å². The van der Waals surface area contributed by atoms with Crippen LogP contribution in [0.5, 0.6) is 0 Å². The van der Waals surface area contributed by atoms with Gasteiger partial charge in [-0.15, -0.1) is 0 Å². The third-order valence-corrected chi connectivity index (χ3v) is 4.12. The van der Waals surface area contributed by atoms with E-state index in [4.69, 9.17) is 4.74 Å². The zero-order valence-electron chi connectivity index (χ0n) is 16.0. The lowest BCUT2D eigenvalue weighted by molar-refractivity contribution is -0.140. The van der Waals surface area contributed by atoms with Gasteiger partial charge < -0.3 is 20.7 Å². The van der Waals surface area contributed by atoms with Crippen molar-refractivity contribution in [2.45, 2.75) is 83.8 Å². The third-order valence-electron chi connectivity index (χ3n) is 4.12. The van der Waals surface area contributed by atoms with Gasteiger partial charge >= 0.3 is 11.8 Å². The lowest BCUT2D eigenvalue weighted by Crippen LogP contribution is -2.62. The first-order valence-electron chi connectivity index (χ1n) is 9.11. The van der Waals surface area contributed by atoms with E-state index in [0.717, 1.165) is 38.7 Å². The number of hydrogen-bond donors (Lipinski definition) is 3. The average Bonchev–Trinajstić information content (AvgIpc) is 2.42. The lowest BCUT2D eigenvalue weighted by atomic mass is 9.79. The Morgan fingerprint density at radius 1 is 1.04 bits per heavy atom. The summed E-state index contributed by atoms with van der Waals surface area (Å²) in [5.41, 5.74) is -0.127. The van der Waals surface area contributed by atoms with Gasteiger partial charge in [-0.3, -0.25) is 9.59 Å². The van der Waals surface area contributed by atoms with Crippen molar-refractivity contribution >= 4 is 11.8 Å². The van der Waals surface area contributed by atoms with Crippen molar-refractivity contribution in [3.05, 3.63) is 0 Å². The molecule has 0 aliphatic carbocycles. The lowest BCUT2D eigenvalue weighted by Gasteiger charge is -2.46. The topological polar surface area (TPSA) is 79.5 Å². The molecular formula is C18H35N3O3. The summed E-state index contributed by atoms with van der Waals surface area (Å²) in [6.45, 7) is 12.4. The molecule has 1 aliphatic heterocycles. The van der Waals surface area contributed by atoms with Gasteiger partial charge in [0.15, 0.2) is 0 Å². The fourth-order valence-corrected chi connectivity index (χ4v) is 3.48. The van der Waals surface area contributed by atoms with E-state index in [-0.39, 0.29) is 17.1 Å². The predicted molar refractivity (Wildman–Crippen MR) is 95.8 cm³/mol. The highest BCUT2D eigenvalue weighted by atomic mass is 16.5. The van der Waals surface area contributed by atoms with E-state index in [9.17, 15) is 9.59 Å². The molecule has 0 aromatic carbocycles. The summed E-state index contributed by atoms with van der Waals surface area (Å²) in [6, 6.07) is 0.00637. The van der Waals surface area contributed by atoms with Crippen LogP contribution in [-0.2, 0) is 14.3 Å². The van der Waals surface area contributed by atoms with Crippen LogP contribution in [0.3, 0.4) is 0 Å².